The van der Waals surface area contributed by atoms with Gasteiger partial charge in [0.1, 0.15) is 5.75 Å². The average Bonchev–Trinajstić information content (AvgIpc) is 2.81. The Bertz CT molecular complexity index is 563. The van der Waals surface area contributed by atoms with Gasteiger partial charge in [0, 0.05) is 5.02 Å². The van der Waals surface area contributed by atoms with Crippen molar-refractivity contribution in [2.24, 2.45) is 0 Å². The first kappa shape index (κ1) is 13.7. The summed E-state index contributed by atoms with van der Waals surface area (Å²) in [5.41, 5.74) is 3.22. The predicted octanol–water partition coefficient (Wildman–Crippen LogP) is 5.36. The topological polar surface area (TPSA) is 9.23 Å². The third-order valence-electron chi connectivity index (χ3n) is 2.93. The monoisotopic (exact) mass is 300 g/mol. The summed E-state index contributed by atoms with van der Waals surface area (Å²) in [7, 11) is 1.66. The SMILES string of the molecule is COc1ccsc1C(Cl)c1cc(C)c(Cl)cc1C. The van der Waals surface area contributed by atoms with Crippen molar-refractivity contribution in [2.45, 2.75) is 19.2 Å². The molecule has 0 aliphatic carbocycles. The number of hydrogen-bond donors (Lipinski definition) is 0. The normalized spacial score (nSPS) is 12.5. The van der Waals surface area contributed by atoms with Crippen molar-refractivity contribution in [1.29, 1.82) is 0 Å². The zero-order valence-corrected chi connectivity index (χ0v) is 12.8. The second-order valence-corrected chi connectivity index (χ2v) is 5.97. The molecule has 1 heterocycles. The van der Waals surface area contributed by atoms with E-state index >= 15 is 0 Å². The summed E-state index contributed by atoms with van der Waals surface area (Å²) in [6.45, 7) is 4.01. The molecule has 0 radical (unpaired) electrons. The Balaban J connectivity index is 2.46. The second kappa shape index (κ2) is 5.52. The fraction of sp³-hybridized carbons (Fsp3) is 0.286. The largest absolute Gasteiger partial charge is 0.496 e. The fourth-order valence-corrected chi connectivity index (χ4v) is 3.45. The molecule has 1 aromatic carbocycles. The van der Waals surface area contributed by atoms with E-state index in [0.717, 1.165) is 32.3 Å². The zero-order chi connectivity index (χ0) is 13.3. The van der Waals surface area contributed by atoms with Crippen molar-refractivity contribution in [3.63, 3.8) is 0 Å². The highest BCUT2D eigenvalue weighted by Gasteiger charge is 2.19. The second-order valence-electron chi connectivity index (χ2n) is 4.17. The van der Waals surface area contributed by atoms with Crippen LogP contribution in [-0.2, 0) is 0 Å². The Morgan fingerprint density at radius 2 is 1.94 bits per heavy atom. The number of methoxy groups -OCH3 is 1. The van der Waals surface area contributed by atoms with Gasteiger partial charge in [-0.15, -0.1) is 22.9 Å². The molecule has 0 saturated heterocycles. The van der Waals surface area contributed by atoms with E-state index in [9.17, 15) is 0 Å². The standard InChI is InChI=1S/C14H14Cl2OS/c1-8-7-11(15)9(2)6-10(8)13(16)14-12(17-3)4-5-18-14/h4-7,13H,1-3H3. The number of ether oxygens (including phenoxy) is 1. The van der Waals surface area contributed by atoms with Crippen LogP contribution in [-0.4, -0.2) is 7.11 Å². The van der Waals surface area contributed by atoms with Gasteiger partial charge >= 0.3 is 0 Å². The molecule has 0 fully saturated rings. The summed E-state index contributed by atoms with van der Waals surface area (Å²) in [6, 6.07) is 5.95. The van der Waals surface area contributed by atoms with E-state index in [0.29, 0.717) is 0 Å². The molecule has 0 aliphatic heterocycles. The van der Waals surface area contributed by atoms with Gasteiger partial charge in [0.15, 0.2) is 0 Å². The number of hydrogen-bond acceptors (Lipinski definition) is 2. The fourth-order valence-electron chi connectivity index (χ4n) is 1.88. The first-order valence-corrected chi connectivity index (χ1v) is 7.26. The molecule has 0 amide bonds. The van der Waals surface area contributed by atoms with E-state index in [4.69, 9.17) is 27.9 Å². The number of alkyl halides is 1. The third-order valence-corrected chi connectivity index (χ3v) is 4.88. The van der Waals surface area contributed by atoms with Crippen LogP contribution in [0.4, 0.5) is 0 Å². The summed E-state index contributed by atoms with van der Waals surface area (Å²) in [5.74, 6) is 0.840. The van der Waals surface area contributed by atoms with Crippen LogP contribution in [0.25, 0.3) is 0 Å². The van der Waals surface area contributed by atoms with Crippen molar-refractivity contribution in [2.75, 3.05) is 7.11 Å². The molecule has 96 valence electrons. The lowest BCUT2D eigenvalue weighted by Crippen LogP contribution is -1.97. The maximum absolute atomic E-state index is 6.57. The van der Waals surface area contributed by atoms with E-state index in [-0.39, 0.29) is 5.38 Å². The summed E-state index contributed by atoms with van der Waals surface area (Å²) >= 11 is 14.3. The molecule has 0 bridgehead atoms. The summed E-state index contributed by atoms with van der Waals surface area (Å²) < 4.78 is 5.32. The highest BCUT2D eigenvalue weighted by atomic mass is 35.5. The van der Waals surface area contributed by atoms with Crippen LogP contribution in [0.3, 0.4) is 0 Å². The minimum atomic E-state index is -0.198. The van der Waals surface area contributed by atoms with Crippen LogP contribution >= 0.6 is 34.5 Å². The van der Waals surface area contributed by atoms with Crippen molar-refractivity contribution < 1.29 is 4.74 Å². The minimum Gasteiger partial charge on any atom is -0.496 e. The minimum absolute atomic E-state index is 0.198. The van der Waals surface area contributed by atoms with Crippen LogP contribution in [0.2, 0.25) is 5.02 Å². The van der Waals surface area contributed by atoms with E-state index < -0.39 is 0 Å². The van der Waals surface area contributed by atoms with E-state index in [1.807, 2.05) is 31.4 Å². The molecule has 0 spiro atoms. The maximum Gasteiger partial charge on any atom is 0.134 e. The summed E-state index contributed by atoms with van der Waals surface area (Å²) in [4.78, 5) is 1.03. The van der Waals surface area contributed by atoms with Gasteiger partial charge in [0.25, 0.3) is 0 Å². The lowest BCUT2D eigenvalue weighted by molar-refractivity contribution is 0.413. The lowest BCUT2D eigenvalue weighted by Gasteiger charge is -2.14. The number of thiophene rings is 1. The maximum atomic E-state index is 6.57. The average molecular weight is 301 g/mol. The molecule has 0 saturated carbocycles. The molecule has 4 heteroatoms. The van der Waals surface area contributed by atoms with Crippen molar-refractivity contribution >= 4 is 34.5 Å². The molecule has 2 rings (SSSR count). The van der Waals surface area contributed by atoms with E-state index in [1.165, 1.54) is 0 Å². The van der Waals surface area contributed by atoms with E-state index in [1.54, 1.807) is 18.4 Å². The number of rotatable bonds is 3. The molecule has 1 aromatic heterocycles. The smallest absolute Gasteiger partial charge is 0.134 e. The van der Waals surface area contributed by atoms with Crippen molar-refractivity contribution in [1.82, 2.24) is 0 Å². The van der Waals surface area contributed by atoms with Gasteiger partial charge in [-0.2, -0.15) is 0 Å². The van der Waals surface area contributed by atoms with Crippen LogP contribution in [0.1, 0.15) is 26.9 Å². The Morgan fingerprint density at radius 3 is 2.61 bits per heavy atom. The Morgan fingerprint density at radius 1 is 1.22 bits per heavy atom. The number of halogens is 2. The first-order valence-electron chi connectivity index (χ1n) is 5.56. The highest BCUT2D eigenvalue weighted by Crippen LogP contribution is 2.41. The molecule has 0 aliphatic rings. The van der Waals surface area contributed by atoms with Crippen molar-refractivity contribution in [3.8, 4) is 5.75 Å². The van der Waals surface area contributed by atoms with Crippen LogP contribution < -0.4 is 4.74 Å². The quantitative estimate of drug-likeness (QED) is 0.694. The number of aryl methyl sites for hydroxylation is 2. The Hall–Kier alpha value is -0.700. The summed E-state index contributed by atoms with van der Waals surface area (Å²) in [5, 5.41) is 2.57. The molecule has 2 aromatic rings. The van der Waals surface area contributed by atoms with Gasteiger partial charge in [0.05, 0.1) is 17.4 Å². The molecule has 1 unspecified atom stereocenters. The molecular formula is C14H14Cl2OS. The van der Waals surface area contributed by atoms with Gasteiger partial charge < -0.3 is 4.74 Å². The van der Waals surface area contributed by atoms with E-state index in [2.05, 4.69) is 6.07 Å². The molecular weight excluding hydrogens is 287 g/mol. The predicted molar refractivity (Wildman–Crippen MR) is 79.5 cm³/mol. The molecule has 18 heavy (non-hydrogen) atoms. The van der Waals surface area contributed by atoms with Gasteiger partial charge in [-0.25, -0.2) is 0 Å². The molecule has 1 nitrogen and oxygen atoms in total. The molecule has 0 N–H and O–H groups in total. The first-order chi connectivity index (χ1) is 8.54. The summed E-state index contributed by atoms with van der Waals surface area (Å²) in [6.07, 6.45) is 0. The molecule has 1 atom stereocenters. The van der Waals surface area contributed by atoms with Gasteiger partial charge in [-0.3, -0.25) is 0 Å². The van der Waals surface area contributed by atoms with Crippen molar-refractivity contribution in [3.05, 3.63) is 50.2 Å². The Labute approximate surface area is 121 Å². The van der Waals surface area contributed by atoms with Gasteiger partial charge in [-0.1, -0.05) is 17.7 Å². The van der Waals surface area contributed by atoms with Crippen LogP contribution in [0.15, 0.2) is 23.6 Å². The van der Waals surface area contributed by atoms with Crippen LogP contribution in [0, 0.1) is 13.8 Å². The Kier molecular flexibility index (Phi) is 4.21. The highest BCUT2D eigenvalue weighted by molar-refractivity contribution is 7.10. The number of benzene rings is 1. The lowest BCUT2D eigenvalue weighted by atomic mass is 10.0. The zero-order valence-electron chi connectivity index (χ0n) is 10.5. The van der Waals surface area contributed by atoms with Gasteiger partial charge in [0.2, 0.25) is 0 Å². The van der Waals surface area contributed by atoms with Gasteiger partial charge in [-0.05, 0) is 48.1 Å². The van der Waals surface area contributed by atoms with Crippen LogP contribution in [0.5, 0.6) is 5.75 Å². The third kappa shape index (κ3) is 2.51.